The van der Waals surface area contributed by atoms with Crippen molar-refractivity contribution in [2.45, 2.75) is 115 Å². The van der Waals surface area contributed by atoms with E-state index in [2.05, 4.69) is 13.3 Å². The van der Waals surface area contributed by atoms with Crippen molar-refractivity contribution in [2.24, 2.45) is 0 Å². The van der Waals surface area contributed by atoms with E-state index < -0.39 is 34.9 Å². The van der Waals surface area contributed by atoms with Crippen LogP contribution in [0.5, 0.6) is 0 Å². The Hall–Kier alpha value is 0.318. The number of unbranched alkanes of at least 4 members (excludes halogenated alkanes) is 15. The molecule has 0 amide bonds. The molecule has 0 spiro atoms. The molecule has 0 saturated heterocycles. The van der Waals surface area contributed by atoms with E-state index in [4.69, 9.17) is 4.52 Å². The molecule has 0 atom stereocenters. The maximum atomic E-state index is 12.0. The van der Waals surface area contributed by atoms with E-state index >= 15 is 0 Å². The second-order valence-corrected chi connectivity index (χ2v) is 14.9. The Bertz CT molecular complexity index is 442. The molecule has 0 aromatic carbocycles. The van der Waals surface area contributed by atoms with Crippen molar-refractivity contribution in [3.63, 3.8) is 0 Å². The van der Waals surface area contributed by atoms with Crippen molar-refractivity contribution in [2.75, 3.05) is 19.9 Å². The minimum atomic E-state index is -11.1. The van der Waals surface area contributed by atoms with Gasteiger partial charge in [0.2, 0.25) is 0 Å². The van der Waals surface area contributed by atoms with E-state index in [1.165, 1.54) is 77.0 Å². The predicted octanol–water partition coefficient (Wildman–Crippen LogP) is 10.7. The van der Waals surface area contributed by atoms with Crippen LogP contribution in [0.15, 0.2) is 0 Å². The van der Waals surface area contributed by atoms with Gasteiger partial charge in [0, 0.05) is 6.42 Å². The maximum absolute atomic E-state index is 12.0. The van der Waals surface area contributed by atoms with Gasteiger partial charge in [-0.05, 0) is 12.8 Å². The Balaban J connectivity index is 0. The summed E-state index contributed by atoms with van der Waals surface area (Å²) in [6.07, 6.45) is 14.3. The summed E-state index contributed by atoms with van der Waals surface area (Å²) in [5.41, 5.74) is 0. The molecular weight excluding hydrogens is 545 g/mol. The molecule has 0 aliphatic rings. The molecule has 0 aliphatic heterocycles. The molecule has 12 heteroatoms. The molecule has 0 radical (unpaired) electrons. The fraction of sp³-hybridized carbons (Fsp3) is 1.00. The molecule has 0 saturated carbocycles. The fourth-order valence-corrected chi connectivity index (χ4v) is 3.73. The second kappa shape index (κ2) is 16.9. The summed E-state index contributed by atoms with van der Waals surface area (Å²) in [6, 6.07) is 0. The number of halogens is 9. The number of hydrogen-bond donors (Lipinski definition) is 0. The van der Waals surface area contributed by atoms with Crippen LogP contribution in [-0.2, 0) is 4.52 Å². The van der Waals surface area contributed by atoms with Gasteiger partial charge in [-0.15, -0.1) is 0 Å². The first-order chi connectivity index (χ1) is 14.9. The molecule has 33 heavy (non-hydrogen) atoms. The summed E-state index contributed by atoms with van der Waals surface area (Å²) in [7, 11) is -0.498. The van der Waals surface area contributed by atoms with E-state index in [1.54, 1.807) is 0 Å². The van der Waals surface area contributed by atoms with Gasteiger partial charge in [0.15, 0.2) is 0 Å². The third kappa shape index (κ3) is 54.6. The zero-order valence-corrected chi connectivity index (χ0v) is 22.9. The van der Waals surface area contributed by atoms with Gasteiger partial charge in [-0.1, -0.05) is 89.9 Å². The Morgan fingerprint density at radius 1 is 0.515 bits per heavy atom. The number of alkyl halides is 3. The van der Waals surface area contributed by atoms with Gasteiger partial charge < -0.3 is 0 Å². The third-order valence-corrected chi connectivity index (χ3v) is 5.53. The summed E-state index contributed by atoms with van der Waals surface area (Å²) in [5, 5.41) is 0. The van der Waals surface area contributed by atoms with Gasteiger partial charge >= 0.3 is 41.1 Å². The first-order valence-corrected chi connectivity index (χ1v) is 18.6. The van der Waals surface area contributed by atoms with Crippen LogP contribution in [0.1, 0.15) is 109 Å². The predicted molar refractivity (Wildman–Crippen MR) is 123 cm³/mol. The molecule has 0 bridgehead atoms. The molecule has 0 rings (SSSR count). The summed E-state index contributed by atoms with van der Waals surface area (Å²) in [5.74, 6) is 0. The average molecular weight is 588 g/mol. The zero-order chi connectivity index (χ0) is 25.9. The first kappa shape index (κ1) is 35.5. The molecule has 0 aliphatic carbocycles. The Morgan fingerprint density at radius 2 is 0.758 bits per heavy atom. The first-order valence-electron chi connectivity index (χ1n) is 11.9. The molecule has 0 fully saturated rings. The van der Waals surface area contributed by atoms with Crippen molar-refractivity contribution in [1.29, 1.82) is 0 Å². The molecule has 0 unspecified atom stereocenters. The van der Waals surface area contributed by atoms with Crippen molar-refractivity contribution < 1.29 is 38.5 Å². The fourth-order valence-electron chi connectivity index (χ4n) is 3.18. The molecule has 0 aromatic heterocycles. The van der Waals surface area contributed by atoms with Crippen molar-refractivity contribution in [3.05, 3.63) is 0 Å². The van der Waals surface area contributed by atoms with E-state index in [-0.39, 0.29) is 0 Å². The van der Waals surface area contributed by atoms with E-state index in [0.29, 0.717) is 6.42 Å². The van der Waals surface area contributed by atoms with Crippen LogP contribution in [0, 0.1) is 0 Å². The summed E-state index contributed by atoms with van der Waals surface area (Å²) in [6.45, 7) is 5.33. The summed E-state index contributed by atoms with van der Waals surface area (Å²) in [4.78, 5) is 0. The van der Waals surface area contributed by atoms with Gasteiger partial charge in [0.05, 0.1) is 19.9 Å². The van der Waals surface area contributed by atoms with Crippen molar-refractivity contribution in [1.82, 2.24) is 0 Å². The van der Waals surface area contributed by atoms with Gasteiger partial charge in [-0.3, -0.25) is 0 Å². The summed E-state index contributed by atoms with van der Waals surface area (Å²) < 4.78 is 101. The van der Waals surface area contributed by atoms with Crippen molar-refractivity contribution in [3.8, 4) is 0 Å². The van der Waals surface area contributed by atoms with Gasteiger partial charge in [0.25, 0.3) is 0 Å². The second-order valence-electron chi connectivity index (χ2n) is 8.74. The van der Waals surface area contributed by atoms with Crippen LogP contribution in [0.25, 0.3) is 0 Å². The van der Waals surface area contributed by atoms with Crippen LogP contribution in [0.2, 0.25) is 0 Å². The average Bonchev–Trinajstić information content (AvgIpc) is 2.60. The quantitative estimate of drug-likeness (QED) is 0.0632. The standard InChI is InChI=1S/C21H42F3OP.AsF6/c1-26(2)25-20-18-16-14-12-10-8-6-4-3-5-7-9-11-13-15-17-19-21(22,23)24;2-1(3,4,5,6)7/h3-20H2,1-2H3;/q;-1/p+1. The Morgan fingerprint density at radius 3 is 1.00 bits per heavy atom. The summed E-state index contributed by atoms with van der Waals surface area (Å²) >= 11 is -11.1. The van der Waals surface area contributed by atoms with Crippen molar-refractivity contribution >= 4 is 22.3 Å². The van der Waals surface area contributed by atoms with Gasteiger partial charge in [0.1, 0.15) is 8.15 Å². The molecular formula is C21H43AsF9OP. The molecule has 0 heterocycles. The monoisotopic (exact) mass is 588 g/mol. The number of hydrogen-bond acceptors (Lipinski definition) is 1. The molecule has 1 nitrogen and oxygen atoms in total. The van der Waals surface area contributed by atoms with Gasteiger partial charge in [-0.25, -0.2) is 4.52 Å². The minimum absolute atomic E-state index is 0.302. The SMILES string of the molecule is C[PH+](C)OCCCCCCCCCCCCCCCCCCC(F)(F)F.F[As-](F)(F)(F)(F)F. The van der Waals surface area contributed by atoms with E-state index in [0.717, 1.165) is 25.9 Å². The molecule has 0 aromatic rings. The normalized spacial score (nSPS) is 14.5. The Kier molecular flexibility index (Phi) is 18.2. The number of rotatable bonds is 19. The van der Waals surface area contributed by atoms with Crippen LogP contribution in [0.4, 0.5) is 34.0 Å². The topological polar surface area (TPSA) is 9.23 Å². The van der Waals surface area contributed by atoms with Crippen LogP contribution >= 0.6 is 8.15 Å². The van der Waals surface area contributed by atoms with Crippen LogP contribution < -0.4 is 0 Å². The Labute approximate surface area is 196 Å². The van der Waals surface area contributed by atoms with Crippen LogP contribution in [0.3, 0.4) is 0 Å². The van der Waals surface area contributed by atoms with E-state index in [1.807, 2.05) is 0 Å². The van der Waals surface area contributed by atoms with Gasteiger partial charge in [-0.2, -0.15) is 13.2 Å². The van der Waals surface area contributed by atoms with E-state index in [9.17, 15) is 34.0 Å². The molecule has 206 valence electrons. The zero-order valence-electron chi connectivity index (χ0n) is 20.0. The van der Waals surface area contributed by atoms with Crippen LogP contribution in [-0.4, -0.2) is 40.3 Å². The third-order valence-electron chi connectivity index (χ3n) is 4.75. The molecule has 0 N–H and O–H groups in total.